The van der Waals surface area contributed by atoms with Crippen molar-refractivity contribution in [3.8, 4) is 5.95 Å². The molecule has 0 atom stereocenters. The van der Waals surface area contributed by atoms with Crippen LogP contribution in [0.5, 0.6) is 0 Å². The summed E-state index contributed by atoms with van der Waals surface area (Å²) in [6.45, 7) is 0. The third-order valence-electron chi connectivity index (χ3n) is 3.58. The first-order valence-corrected chi connectivity index (χ1v) is 8.70. The number of thioether (sulfide) groups is 1. The lowest BCUT2D eigenvalue weighted by Gasteiger charge is -2.02. The molecule has 4 rings (SSSR count). The number of para-hydroxylation sites is 2. The number of fused-ring (bicyclic) bond motifs is 1. The summed E-state index contributed by atoms with van der Waals surface area (Å²) in [6, 6.07) is 16.9. The van der Waals surface area contributed by atoms with Gasteiger partial charge in [0.2, 0.25) is 5.95 Å². The number of halogens is 1. The lowest BCUT2D eigenvalue weighted by atomic mass is 10.3. The Kier molecular flexibility index (Phi) is 3.92. The number of nitrogens with one attached hydrogen (secondary N) is 2. The summed E-state index contributed by atoms with van der Waals surface area (Å²) in [6.07, 6.45) is 0. The average molecular weight is 357 g/mol. The molecule has 2 aromatic carbocycles. The smallest absolute Gasteiger partial charge is 0.274 e. The van der Waals surface area contributed by atoms with Crippen LogP contribution < -0.4 is 5.56 Å². The van der Waals surface area contributed by atoms with Gasteiger partial charge < -0.3 is 4.98 Å². The van der Waals surface area contributed by atoms with Gasteiger partial charge in [-0.1, -0.05) is 35.9 Å². The second-order valence-electron chi connectivity index (χ2n) is 5.25. The maximum Gasteiger partial charge on any atom is 0.274 e. The normalized spacial score (nSPS) is 11.2. The van der Waals surface area contributed by atoms with E-state index in [9.17, 15) is 4.79 Å². The van der Waals surface area contributed by atoms with E-state index in [0.29, 0.717) is 16.7 Å². The van der Waals surface area contributed by atoms with Gasteiger partial charge in [-0.15, -0.1) is 11.8 Å². The van der Waals surface area contributed by atoms with E-state index in [1.54, 1.807) is 17.8 Å². The molecule has 0 bridgehead atoms. The number of nitrogens with zero attached hydrogens (tertiary/aromatic N) is 2. The molecule has 120 valence electrons. The molecule has 7 heteroatoms. The molecular formula is C17H13ClN4OS. The van der Waals surface area contributed by atoms with Crippen molar-refractivity contribution >= 4 is 34.4 Å². The van der Waals surface area contributed by atoms with Crippen LogP contribution in [0.2, 0.25) is 5.02 Å². The predicted octanol–water partition coefficient (Wildman–Crippen LogP) is 3.99. The van der Waals surface area contributed by atoms with Gasteiger partial charge in [-0.3, -0.25) is 9.89 Å². The van der Waals surface area contributed by atoms with Crippen molar-refractivity contribution in [1.82, 2.24) is 19.7 Å². The Bertz CT molecular complexity index is 1030. The fraction of sp³-hybridized carbons (Fsp3) is 0.0588. The van der Waals surface area contributed by atoms with Gasteiger partial charge in [0.25, 0.3) is 5.56 Å². The molecule has 0 aliphatic heterocycles. The molecule has 5 nitrogen and oxygen atoms in total. The second-order valence-corrected chi connectivity index (χ2v) is 6.68. The zero-order valence-corrected chi connectivity index (χ0v) is 14.1. The van der Waals surface area contributed by atoms with Crippen LogP contribution in [0.15, 0.2) is 64.3 Å². The lowest BCUT2D eigenvalue weighted by molar-refractivity contribution is 0.789. The molecule has 2 N–H and O–H groups in total. The van der Waals surface area contributed by atoms with Gasteiger partial charge in [-0.2, -0.15) is 4.68 Å². The highest BCUT2D eigenvalue weighted by Gasteiger charge is 2.10. The Hall–Kier alpha value is -2.44. The predicted molar refractivity (Wildman–Crippen MR) is 97.1 cm³/mol. The molecule has 0 aliphatic carbocycles. The Morgan fingerprint density at radius 3 is 2.75 bits per heavy atom. The van der Waals surface area contributed by atoms with Gasteiger partial charge in [-0.05, 0) is 24.3 Å². The second kappa shape index (κ2) is 6.22. The third-order valence-corrected chi connectivity index (χ3v) is 5.15. The van der Waals surface area contributed by atoms with E-state index in [-0.39, 0.29) is 5.56 Å². The zero-order chi connectivity index (χ0) is 16.5. The molecule has 2 heterocycles. The quantitative estimate of drug-likeness (QED) is 0.543. The molecular weight excluding hydrogens is 344 g/mol. The minimum absolute atomic E-state index is 0.149. The van der Waals surface area contributed by atoms with Crippen LogP contribution in [0.1, 0.15) is 5.69 Å². The van der Waals surface area contributed by atoms with Gasteiger partial charge in [0, 0.05) is 22.4 Å². The summed E-state index contributed by atoms with van der Waals surface area (Å²) in [5, 5.41) is 3.80. The minimum Gasteiger partial charge on any atom is -0.322 e. The first-order chi connectivity index (χ1) is 11.7. The summed E-state index contributed by atoms with van der Waals surface area (Å²) in [5.74, 6) is 1.10. The number of H-pyrrole nitrogens is 2. The lowest BCUT2D eigenvalue weighted by Crippen LogP contribution is -2.14. The van der Waals surface area contributed by atoms with Crippen molar-refractivity contribution in [2.45, 2.75) is 10.6 Å². The van der Waals surface area contributed by atoms with Crippen LogP contribution in [0.3, 0.4) is 0 Å². The number of rotatable bonds is 4. The summed E-state index contributed by atoms with van der Waals surface area (Å²) in [4.78, 5) is 20.8. The molecule has 4 aromatic rings. The molecule has 0 amide bonds. The maximum atomic E-state index is 12.2. The van der Waals surface area contributed by atoms with E-state index < -0.39 is 0 Å². The van der Waals surface area contributed by atoms with Gasteiger partial charge in [0.15, 0.2) is 0 Å². The zero-order valence-electron chi connectivity index (χ0n) is 12.5. The SMILES string of the molecule is O=c1cc(CSc2ccccc2Cl)[nH]n1-c1nc2ccccc2[nH]1. The van der Waals surface area contributed by atoms with Crippen molar-refractivity contribution in [2.75, 3.05) is 0 Å². The van der Waals surface area contributed by atoms with Gasteiger partial charge in [0.05, 0.1) is 16.1 Å². The first kappa shape index (κ1) is 15.1. The number of aromatic nitrogens is 4. The molecule has 24 heavy (non-hydrogen) atoms. The van der Waals surface area contributed by atoms with E-state index in [4.69, 9.17) is 11.6 Å². The third kappa shape index (κ3) is 2.86. The topological polar surface area (TPSA) is 66.5 Å². The van der Waals surface area contributed by atoms with Crippen LogP contribution in [-0.4, -0.2) is 19.7 Å². The van der Waals surface area contributed by atoms with E-state index in [1.165, 1.54) is 4.68 Å². The van der Waals surface area contributed by atoms with E-state index in [0.717, 1.165) is 21.6 Å². The standard InChI is InChI=1S/C17H13ClN4OS/c18-12-5-1-4-8-15(12)24-10-11-9-16(23)22(21-11)17-19-13-6-2-3-7-14(13)20-17/h1-9,21H,10H2,(H,19,20). The van der Waals surface area contributed by atoms with Crippen LogP contribution in [0.4, 0.5) is 0 Å². The largest absolute Gasteiger partial charge is 0.322 e. The summed E-state index contributed by atoms with van der Waals surface area (Å²) in [5.41, 5.74) is 2.37. The Morgan fingerprint density at radius 2 is 1.92 bits per heavy atom. The molecule has 0 saturated heterocycles. The number of hydrogen-bond acceptors (Lipinski definition) is 3. The van der Waals surface area contributed by atoms with Crippen LogP contribution in [0, 0.1) is 0 Å². The molecule has 0 unspecified atom stereocenters. The maximum absolute atomic E-state index is 12.2. The summed E-state index contributed by atoms with van der Waals surface area (Å²) < 4.78 is 1.42. The summed E-state index contributed by atoms with van der Waals surface area (Å²) in [7, 11) is 0. The van der Waals surface area contributed by atoms with Crippen molar-refractivity contribution in [1.29, 1.82) is 0 Å². The monoisotopic (exact) mass is 356 g/mol. The van der Waals surface area contributed by atoms with E-state index >= 15 is 0 Å². The van der Waals surface area contributed by atoms with Crippen molar-refractivity contribution in [3.05, 3.63) is 75.7 Å². The molecule has 0 fully saturated rings. The van der Waals surface area contributed by atoms with Crippen LogP contribution in [-0.2, 0) is 5.75 Å². The molecule has 0 aliphatic rings. The highest BCUT2D eigenvalue weighted by Crippen LogP contribution is 2.28. The van der Waals surface area contributed by atoms with Gasteiger partial charge >= 0.3 is 0 Å². The minimum atomic E-state index is -0.149. The Labute approximate surface area is 146 Å². The van der Waals surface area contributed by atoms with Crippen LogP contribution >= 0.6 is 23.4 Å². The Balaban J connectivity index is 1.60. The molecule has 0 saturated carbocycles. The molecule has 0 spiro atoms. The Morgan fingerprint density at radius 1 is 1.12 bits per heavy atom. The summed E-state index contributed by atoms with van der Waals surface area (Å²) >= 11 is 7.73. The molecule has 0 radical (unpaired) electrons. The highest BCUT2D eigenvalue weighted by atomic mass is 35.5. The fourth-order valence-corrected chi connectivity index (χ4v) is 3.58. The van der Waals surface area contributed by atoms with Gasteiger partial charge in [0.1, 0.15) is 0 Å². The van der Waals surface area contributed by atoms with Gasteiger partial charge in [-0.25, -0.2) is 4.98 Å². The fourth-order valence-electron chi connectivity index (χ4n) is 2.44. The average Bonchev–Trinajstić information content (AvgIpc) is 3.17. The van der Waals surface area contributed by atoms with E-state index in [1.807, 2.05) is 48.5 Å². The van der Waals surface area contributed by atoms with Crippen molar-refractivity contribution in [2.24, 2.45) is 0 Å². The number of benzene rings is 2. The van der Waals surface area contributed by atoms with Crippen molar-refractivity contribution < 1.29 is 0 Å². The van der Waals surface area contributed by atoms with Crippen LogP contribution in [0.25, 0.3) is 17.0 Å². The first-order valence-electron chi connectivity index (χ1n) is 7.34. The van der Waals surface area contributed by atoms with Crippen molar-refractivity contribution in [3.63, 3.8) is 0 Å². The van der Waals surface area contributed by atoms with E-state index in [2.05, 4.69) is 15.1 Å². The molecule has 2 aromatic heterocycles. The number of hydrogen-bond donors (Lipinski definition) is 2. The number of aromatic amines is 2. The number of imidazole rings is 1. The highest BCUT2D eigenvalue weighted by molar-refractivity contribution is 7.98.